The number of benzene rings is 2. The summed E-state index contributed by atoms with van der Waals surface area (Å²) in [7, 11) is -3.61. The van der Waals surface area contributed by atoms with Crippen molar-refractivity contribution < 1.29 is 13.2 Å². The highest BCUT2D eigenvalue weighted by molar-refractivity contribution is 7.92. The number of ketones is 1. The first-order valence-corrected chi connectivity index (χ1v) is 8.48. The first kappa shape index (κ1) is 15.2. The van der Waals surface area contributed by atoms with E-state index in [-0.39, 0.29) is 17.2 Å². The predicted molar refractivity (Wildman–Crippen MR) is 89.2 cm³/mol. The van der Waals surface area contributed by atoms with E-state index in [1.807, 2.05) is 0 Å². The number of nitrogens with zero attached hydrogens (tertiary/aromatic N) is 2. The second-order valence-electron chi connectivity index (χ2n) is 5.13. The Morgan fingerprint density at radius 1 is 1.04 bits per heavy atom. The molecule has 0 unspecified atom stereocenters. The van der Waals surface area contributed by atoms with Gasteiger partial charge in [-0.3, -0.25) is 14.5 Å². The Kier molecular flexibility index (Phi) is 3.87. The number of carbonyl (C=O) groups excluding carboxylic acids is 1. The van der Waals surface area contributed by atoms with E-state index in [0.717, 1.165) is 5.69 Å². The van der Waals surface area contributed by atoms with Crippen LogP contribution in [0.2, 0.25) is 0 Å². The standard InChI is InChI=1S/C16H15N3O3S/c1-12-16(20)11-19(17-12)14-9-7-13(8-10-14)18-23(21,22)15-5-3-2-4-6-15/h2-10,18H,11H2,1H3. The van der Waals surface area contributed by atoms with Crippen molar-refractivity contribution in [2.45, 2.75) is 11.8 Å². The van der Waals surface area contributed by atoms with Gasteiger partial charge in [0.05, 0.1) is 10.6 Å². The highest BCUT2D eigenvalue weighted by atomic mass is 32.2. The number of hydrazone groups is 1. The first-order chi connectivity index (χ1) is 11.0. The van der Waals surface area contributed by atoms with Gasteiger partial charge >= 0.3 is 0 Å². The number of Topliss-reactive ketones (excluding diaryl/α,β-unsaturated/α-hetero) is 1. The molecule has 2 aromatic carbocycles. The minimum Gasteiger partial charge on any atom is -0.291 e. The average Bonchev–Trinajstić information content (AvgIpc) is 2.88. The van der Waals surface area contributed by atoms with Crippen molar-refractivity contribution in [2.24, 2.45) is 5.10 Å². The lowest BCUT2D eigenvalue weighted by Crippen LogP contribution is -2.18. The molecule has 7 heteroatoms. The lowest BCUT2D eigenvalue weighted by molar-refractivity contribution is -0.111. The molecule has 2 aromatic rings. The maximum atomic E-state index is 12.2. The summed E-state index contributed by atoms with van der Waals surface area (Å²) >= 11 is 0. The van der Waals surface area contributed by atoms with Gasteiger partial charge in [0.1, 0.15) is 12.3 Å². The second-order valence-corrected chi connectivity index (χ2v) is 6.81. The van der Waals surface area contributed by atoms with Crippen molar-refractivity contribution >= 4 is 32.9 Å². The molecular formula is C16H15N3O3S. The Balaban J connectivity index is 1.77. The van der Waals surface area contributed by atoms with Gasteiger partial charge in [-0.15, -0.1) is 0 Å². The number of hydrogen-bond donors (Lipinski definition) is 1. The summed E-state index contributed by atoms with van der Waals surface area (Å²) < 4.78 is 27.0. The molecule has 0 aromatic heterocycles. The zero-order valence-electron chi connectivity index (χ0n) is 12.4. The fraction of sp³-hybridized carbons (Fsp3) is 0.125. The van der Waals surface area contributed by atoms with Crippen molar-refractivity contribution in [1.29, 1.82) is 0 Å². The Bertz CT molecular complexity index is 859. The molecule has 6 nitrogen and oxygen atoms in total. The molecule has 0 saturated carbocycles. The van der Waals surface area contributed by atoms with Crippen LogP contribution in [-0.4, -0.2) is 26.5 Å². The molecule has 118 valence electrons. The SMILES string of the molecule is CC1=NN(c2ccc(NS(=O)(=O)c3ccccc3)cc2)CC1=O. The summed E-state index contributed by atoms with van der Waals surface area (Å²) in [5, 5.41) is 5.74. The Morgan fingerprint density at radius 3 is 2.26 bits per heavy atom. The molecule has 1 heterocycles. The number of rotatable bonds is 4. The topological polar surface area (TPSA) is 78.8 Å². The quantitative estimate of drug-likeness (QED) is 0.933. The van der Waals surface area contributed by atoms with E-state index < -0.39 is 10.0 Å². The molecule has 0 aliphatic carbocycles. The van der Waals surface area contributed by atoms with Crippen LogP contribution in [0.3, 0.4) is 0 Å². The van der Waals surface area contributed by atoms with Gasteiger partial charge in [0.25, 0.3) is 10.0 Å². The number of sulfonamides is 1. The Morgan fingerprint density at radius 2 is 1.70 bits per heavy atom. The maximum Gasteiger partial charge on any atom is 0.261 e. The molecule has 0 saturated heterocycles. The minimum absolute atomic E-state index is 0.0149. The molecule has 0 radical (unpaired) electrons. The fourth-order valence-corrected chi connectivity index (χ4v) is 3.27. The van der Waals surface area contributed by atoms with E-state index in [9.17, 15) is 13.2 Å². The van der Waals surface area contributed by atoms with Gasteiger partial charge in [-0.1, -0.05) is 18.2 Å². The molecule has 23 heavy (non-hydrogen) atoms. The van der Waals surface area contributed by atoms with Crippen LogP contribution in [0.25, 0.3) is 0 Å². The highest BCUT2D eigenvalue weighted by Crippen LogP contribution is 2.22. The Hall–Kier alpha value is -2.67. The largest absolute Gasteiger partial charge is 0.291 e. The molecule has 0 atom stereocenters. The highest BCUT2D eigenvalue weighted by Gasteiger charge is 2.21. The maximum absolute atomic E-state index is 12.2. The summed E-state index contributed by atoms with van der Waals surface area (Å²) in [6, 6.07) is 14.9. The lowest BCUT2D eigenvalue weighted by atomic mass is 10.2. The molecule has 1 aliphatic heterocycles. The van der Waals surface area contributed by atoms with Gasteiger partial charge in [-0.05, 0) is 43.3 Å². The summed E-state index contributed by atoms with van der Waals surface area (Å²) in [4.78, 5) is 11.7. The second kappa shape index (κ2) is 5.85. The zero-order chi connectivity index (χ0) is 16.4. The lowest BCUT2D eigenvalue weighted by Gasteiger charge is -2.14. The summed E-state index contributed by atoms with van der Waals surface area (Å²) in [6.45, 7) is 1.88. The van der Waals surface area contributed by atoms with E-state index in [0.29, 0.717) is 11.4 Å². The summed E-state index contributed by atoms with van der Waals surface area (Å²) in [5.74, 6) is -0.0149. The van der Waals surface area contributed by atoms with Gasteiger partial charge in [0.2, 0.25) is 0 Å². The number of carbonyl (C=O) groups is 1. The van der Waals surface area contributed by atoms with E-state index in [2.05, 4.69) is 9.82 Å². The van der Waals surface area contributed by atoms with Crippen LogP contribution in [0.15, 0.2) is 64.6 Å². The van der Waals surface area contributed by atoms with E-state index in [1.54, 1.807) is 54.4 Å². The van der Waals surface area contributed by atoms with Crippen LogP contribution < -0.4 is 9.73 Å². The average molecular weight is 329 g/mol. The zero-order valence-corrected chi connectivity index (χ0v) is 13.2. The van der Waals surface area contributed by atoms with Crippen LogP contribution in [-0.2, 0) is 14.8 Å². The summed E-state index contributed by atoms with van der Waals surface area (Å²) in [6.07, 6.45) is 0. The van der Waals surface area contributed by atoms with Gasteiger partial charge in [-0.25, -0.2) is 8.42 Å². The van der Waals surface area contributed by atoms with Crippen LogP contribution >= 0.6 is 0 Å². The third kappa shape index (κ3) is 3.24. The van der Waals surface area contributed by atoms with Crippen LogP contribution in [0, 0.1) is 0 Å². The van der Waals surface area contributed by atoms with Crippen LogP contribution in [0.1, 0.15) is 6.92 Å². The van der Waals surface area contributed by atoms with Crippen LogP contribution in [0.4, 0.5) is 11.4 Å². The minimum atomic E-state index is -3.61. The van der Waals surface area contributed by atoms with Crippen molar-refractivity contribution in [1.82, 2.24) is 0 Å². The molecule has 1 N–H and O–H groups in total. The first-order valence-electron chi connectivity index (χ1n) is 6.99. The molecule has 0 fully saturated rings. The third-order valence-corrected chi connectivity index (χ3v) is 4.84. The molecule has 1 aliphatic rings. The molecule has 3 rings (SSSR count). The smallest absolute Gasteiger partial charge is 0.261 e. The number of nitrogens with one attached hydrogen (secondary N) is 1. The predicted octanol–water partition coefficient (Wildman–Crippen LogP) is 2.25. The van der Waals surface area contributed by atoms with Crippen molar-refractivity contribution in [3.05, 3.63) is 54.6 Å². The number of hydrogen-bond acceptors (Lipinski definition) is 5. The third-order valence-electron chi connectivity index (χ3n) is 3.44. The molecule has 0 spiro atoms. The van der Waals surface area contributed by atoms with Gasteiger partial charge in [-0.2, -0.15) is 5.10 Å². The summed E-state index contributed by atoms with van der Waals surface area (Å²) in [5.41, 5.74) is 1.65. The van der Waals surface area contributed by atoms with Crippen molar-refractivity contribution in [2.75, 3.05) is 16.3 Å². The van der Waals surface area contributed by atoms with E-state index >= 15 is 0 Å². The molecule has 0 amide bonds. The van der Waals surface area contributed by atoms with Gasteiger partial charge < -0.3 is 0 Å². The molecule has 0 bridgehead atoms. The molecular weight excluding hydrogens is 314 g/mol. The monoisotopic (exact) mass is 329 g/mol. The van der Waals surface area contributed by atoms with Crippen molar-refractivity contribution in [3.8, 4) is 0 Å². The van der Waals surface area contributed by atoms with E-state index in [1.165, 1.54) is 12.1 Å². The Labute approximate surface area is 134 Å². The normalized spacial score (nSPS) is 14.7. The van der Waals surface area contributed by atoms with Crippen molar-refractivity contribution in [3.63, 3.8) is 0 Å². The van der Waals surface area contributed by atoms with Gasteiger partial charge in [0, 0.05) is 5.69 Å². The van der Waals surface area contributed by atoms with Crippen LogP contribution in [0.5, 0.6) is 0 Å². The van der Waals surface area contributed by atoms with Gasteiger partial charge in [0.15, 0.2) is 5.78 Å². The fourth-order valence-electron chi connectivity index (χ4n) is 2.19. The van der Waals surface area contributed by atoms with E-state index in [4.69, 9.17) is 0 Å². The number of anilines is 2.